The van der Waals surface area contributed by atoms with Crippen molar-refractivity contribution in [2.45, 2.75) is 31.8 Å². The Kier molecular flexibility index (Phi) is 3.78. The molecule has 136 valence electrons. The summed E-state index contributed by atoms with van der Waals surface area (Å²) >= 11 is 1.59. The van der Waals surface area contributed by atoms with Gasteiger partial charge in [-0.25, -0.2) is 9.50 Å². The number of thiophene rings is 1. The number of nitrogens with zero attached hydrogens (tertiary/aromatic N) is 4. The number of fused-ring (bicyclic) bond motifs is 3. The third-order valence-corrected chi connectivity index (χ3v) is 5.66. The fraction of sp³-hybridized carbons (Fsp3) is 0.263. The lowest BCUT2D eigenvalue weighted by Gasteiger charge is -2.11. The number of carbonyl (C=O) groups excluding carboxylic acids is 1. The smallest absolute Gasteiger partial charge is 0.277 e. The number of nitrogens with one attached hydrogen (secondary N) is 1. The lowest BCUT2D eigenvalue weighted by molar-refractivity contribution is -0.121. The van der Waals surface area contributed by atoms with Crippen LogP contribution in [0.15, 0.2) is 46.7 Å². The van der Waals surface area contributed by atoms with Gasteiger partial charge in [0.05, 0.1) is 17.8 Å². The number of amides is 1. The predicted molar refractivity (Wildman–Crippen MR) is 103 cm³/mol. The molecule has 1 amide bonds. The zero-order chi connectivity index (χ0) is 18.4. The monoisotopic (exact) mass is 379 g/mol. The maximum absolute atomic E-state index is 13.1. The number of aromatic nitrogens is 4. The zero-order valence-corrected chi connectivity index (χ0v) is 15.3. The molecule has 4 aromatic heterocycles. The van der Waals surface area contributed by atoms with E-state index < -0.39 is 0 Å². The van der Waals surface area contributed by atoms with E-state index in [1.165, 1.54) is 4.57 Å². The predicted octanol–water partition coefficient (Wildman–Crippen LogP) is 2.30. The Hall–Kier alpha value is -3.00. The highest BCUT2D eigenvalue weighted by Crippen LogP contribution is 2.39. The molecule has 0 unspecified atom stereocenters. The molecule has 1 aliphatic rings. The second-order valence-electron chi connectivity index (χ2n) is 6.73. The standard InChI is InChI=1S/C19H17N5O2S/c25-17(21-10-13-3-2-8-27-13)11-23-15-4-1-7-20-18(15)24-16(19(23)26)9-14(22-24)12-5-6-12/h1-4,7-9,12H,5-6,10-11H2,(H,21,25). The average molecular weight is 379 g/mol. The van der Waals surface area contributed by atoms with E-state index in [1.807, 2.05) is 23.6 Å². The summed E-state index contributed by atoms with van der Waals surface area (Å²) in [7, 11) is 0. The van der Waals surface area contributed by atoms with Crippen molar-refractivity contribution in [3.05, 3.63) is 62.8 Å². The summed E-state index contributed by atoms with van der Waals surface area (Å²) in [4.78, 5) is 31.0. The Labute approximate surface area is 158 Å². The third kappa shape index (κ3) is 2.91. The second-order valence-corrected chi connectivity index (χ2v) is 7.77. The highest BCUT2D eigenvalue weighted by molar-refractivity contribution is 7.09. The Bertz CT molecular complexity index is 1200. The summed E-state index contributed by atoms with van der Waals surface area (Å²) < 4.78 is 3.10. The molecule has 5 rings (SSSR count). The van der Waals surface area contributed by atoms with Crippen LogP contribution in [-0.2, 0) is 17.9 Å². The number of rotatable bonds is 5. The maximum atomic E-state index is 13.1. The second kappa shape index (κ2) is 6.31. The molecule has 0 radical (unpaired) electrons. The summed E-state index contributed by atoms with van der Waals surface area (Å²) in [5.74, 6) is 0.229. The van der Waals surface area contributed by atoms with Gasteiger partial charge >= 0.3 is 0 Å². The first kappa shape index (κ1) is 16.2. The number of hydrogen-bond acceptors (Lipinski definition) is 5. The number of carbonyl (C=O) groups is 1. The summed E-state index contributed by atoms with van der Waals surface area (Å²) in [6.07, 6.45) is 3.88. The van der Waals surface area contributed by atoms with Crippen molar-refractivity contribution in [1.82, 2.24) is 24.5 Å². The highest BCUT2D eigenvalue weighted by Gasteiger charge is 2.27. The Morgan fingerprint density at radius 1 is 1.26 bits per heavy atom. The fourth-order valence-electron chi connectivity index (χ4n) is 3.26. The molecule has 4 aromatic rings. The van der Waals surface area contributed by atoms with Crippen LogP contribution in [0.2, 0.25) is 0 Å². The third-order valence-electron chi connectivity index (χ3n) is 4.79. The Balaban J connectivity index is 1.54. The van der Waals surface area contributed by atoms with Gasteiger partial charge < -0.3 is 5.32 Å². The van der Waals surface area contributed by atoms with Crippen molar-refractivity contribution >= 4 is 33.9 Å². The first-order valence-electron chi connectivity index (χ1n) is 8.87. The topological polar surface area (TPSA) is 81.3 Å². The number of hydrogen-bond donors (Lipinski definition) is 1. The van der Waals surface area contributed by atoms with E-state index in [4.69, 9.17) is 0 Å². The first-order chi connectivity index (χ1) is 13.2. The van der Waals surface area contributed by atoms with Crippen molar-refractivity contribution < 1.29 is 4.79 Å². The van der Waals surface area contributed by atoms with Crippen molar-refractivity contribution in [1.29, 1.82) is 0 Å². The minimum absolute atomic E-state index is 0.0488. The van der Waals surface area contributed by atoms with Gasteiger partial charge in [-0.2, -0.15) is 5.10 Å². The summed E-state index contributed by atoms with van der Waals surface area (Å²) in [6, 6.07) is 9.32. The normalized spacial score (nSPS) is 14.1. The molecule has 0 aromatic carbocycles. The molecule has 0 bridgehead atoms. The molecule has 27 heavy (non-hydrogen) atoms. The summed E-state index contributed by atoms with van der Waals surface area (Å²) in [6.45, 7) is 0.412. The van der Waals surface area contributed by atoms with Crippen molar-refractivity contribution in [2.75, 3.05) is 0 Å². The number of pyridine rings is 1. The minimum atomic E-state index is -0.221. The Morgan fingerprint density at radius 3 is 2.93 bits per heavy atom. The van der Waals surface area contributed by atoms with Gasteiger partial charge in [0.2, 0.25) is 5.91 Å². The van der Waals surface area contributed by atoms with E-state index in [9.17, 15) is 9.59 Å². The van der Waals surface area contributed by atoms with Crippen LogP contribution < -0.4 is 10.9 Å². The molecule has 1 aliphatic carbocycles. The quantitative estimate of drug-likeness (QED) is 0.577. The molecule has 0 spiro atoms. The molecule has 4 heterocycles. The van der Waals surface area contributed by atoms with E-state index >= 15 is 0 Å². The fourth-order valence-corrected chi connectivity index (χ4v) is 3.90. The molecular formula is C19H17N5O2S. The van der Waals surface area contributed by atoms with Crippen LogP contribution in [0.5, 0.6) is 0 Å². The van der Waals surface area contributed by atoms with Crippen LogP contribution in [0.3, 0.4) is 0 Å². The molecule has 7 nitrogen and oxygen atoms in total. The van der Waals surface area contributed by atoms with Crippen molar-refractivity contribution in [3.63, 3.8) is 0 Å². The van der Waals surface area contributed by atoms with E-state index in [0.29, 0.717) is 29.1 Å². The highest BCUT2D eigenvalue weighted by atomic mass is 32.1. The van der Waals surface area contributed by atoms with Crippen LogP contribution in [0, 0.1) is 0 Å². The lowest BCUT2D eigenvalue weighted by atomic mass is 10.3. The van der Waals surface area contributed by atoms with Gasteiger partial charge in [-0.05, 0) is 42.5 Å². The van der Waals surface area contributed by atoms with Crippen LogP contribution >= 0.6 is 11.3 Å². The zero-order valence-electron chi connectivity index (χ0n) is 14.5. The van der Waals surface area contributed by atoms with E-state index in [-0.39, 0.29) is 18.0 Å². The molecule has 0 atom stereocenters. The van der Waals surface area contributed by atoms with Crippen LogP contribution in [0.25, 0.3) is 16.7 Å². The largest absolute Gasteiger partial charge is 0.350 e. The van der Waals surface area contributed by atoms with Crippen molar-refractivity contribution in [3.8, 4) is 0 Å². The molecule has 0 aliphatic heterocycles. The van der Waals surface area contributed by atoms with Gasteiger partial charge in [0, 0.05) is 17.0 Å². The molecule has 8 heteroatoms. The first-order valence-corrected chi connectivity index (χ1v) is 9.75. The molecular weight excluding hydrogens is 362 g/mol. The van der Waals surface area contributed by atoms with Gasteiger partial charge in [-0.3, -0.25) is 14.2 Å². The van der Waals surface area contributed by atoms with E-state index in [0.717, 1.165) is 23.4 Å². The van der Waals surface area contributed by atoms with Crippen LogP contribution in [-0.4, -0.2) is 25.1 Å². The summed E-state index contributed by atoms with van der Waals surface area (Å²) in [5, 5.41) is 9.44. The molecule has 1 fully saturated rings. The summed E-state index contributed by atoms with van der Waals surface area (Å²) in [5.41, 5.74) is 2.37. The molecule has 1 saturated carbocycles. The van der Waals surface area contributed by atoms with Crippen LogP contribution in [0.1, 0.15) is 29.3 Å². The van der Waals surface area contributed by atoms with Crippen LogP contribution in [0.4, 0.5) is 0 Å². The average Bonchev–Trinajstić information content (AvgIpc) is 3.22. The van der Waals surface area contributed by atoms with Gasteiger partial charge in [-0.15, -0.1) is 11.3 Å². The van der Waals surface area contributed by atoms with Gasteiger partial charge in [0.15, 0.2) is 5.65 Å². The maximum Gasteiger partial charge on any atom is 0.277 e. The molecule has 1 N–H and O–H groups in total. The molecule has 0 saturated heterocycles. The van der Waals surface area contributed by atoms with E-state index in [1.54, 1.807) is 34.2 Å². The Morgan fingerprint density at radius 2 is 2.15 bits per heavy atom. The van der Waals surface area contributed by atoms with E-state index in [2.05, 4.69) is 15.4 Å². The van der Waals surface area contributed by atoms with Crippen molar-refractivity contribution in [2.24, 2.45) is 0 Å². The minimum Gasteiger partial charge on any atom is -0.350 e. The lowest BCUT2D eigenvalue weighted by Crippen LogP contribution is -2.33. The SMILES string of the molecule is O=C(Cn1c(=O)c2cc(C3CC3)nn2c2ncccc21)NCc1cccs1. The van der Waals surface area contributed by atoms with Gasteiger partial charge in [-0.1, -0.05) is 6.07 Å². The van der Waals surface area contributed by atoms with Gasteiger partial charge in [0.1, 0.15) is 12.1 Å². The van der Waals surface area contributed by atoms with Gasteiger partial charge in [0.25, 0.3) is 5.56 Å².